The summed E-state index contributed by atoms with van der Waals surface area (Å²) >= 11 is 0. The van der Waals surface area contributed by atoms with E-state index in [2.05, 4.69) is 20.5 Å². The maximum Gasteiger partial charge on any atom is 0.409 e. The molecule has 0 bridgehead atoms. The molecular formula is C19H30IN5O4. The van der Waals surface area contributed by atoms with Crippen molar-refractivity contribution >= 4 is 41.9 Å². The van der Waals surface area contributed by atoms with Crippen LogP contribution in [0.2, 0.25) is 0 Å². The molecule has 0 spiro atoms. The van der Waals surface area contributed by atoms with Gasteiger partial charge in [0.15, 0.2) is 5.96 Å². The zero-order valence-electron chi connectivity index (χ0n) is 17.1. The summed E-state index contributed by atoms with van der Waals surface area (Å²) < 4.78 is 10.2. The van der Waals surface area contributed by atoms with Gasteiger partial charge in [-0.3, -0.25) is 9.79 Å². The molecule has 1 aliphatic heterocycles. The van der Waals surface area contributed by atoms with Crippen LogP contribution in [0.5, 0.6) is 5.75 Å². The van der Waals surface area contributed by atoms with Gasteiger partial charge in [-0.1, -0.05) is 6.07 Å². The van der Waals surface area contributed by atoms with Crippen LogP contribution in [0, 0.1) is 0 Å². The molecule has 0 atom stereocenters. The molecule has 2 amide bonds. The van der Waals surface area contributed by atoms with Crippen LogP contribution in [0.1, 0.15) is 17.3 Å². The Hall–Kier alpha value is -2.24. The first-order valence-electron chi connectivity index (χ1n) is 9.38. The van der Waals surface area contributed by atoms with Crippen LogP contribution in [-0.4, -0.2) is 87.8 Å². The highest BCUT2D eigenvalue weighted by Gasteiger charge is 2.23. The third kappa shape index (κ3) is 7.59. The van der Waals surface area contributed by atoms with Crippen LogP contribution in [0.3, 0.4) is 0 Å². The van der Waals surface area contributed by atoms with Crippen molar-refractivity contribution < 1.29 is 19.1 Å². The number of nitrogens with one attached hydrogen (secondary N) is 2. The Morgan fingerprint density at radius 3 is 2.38 bits per heavy atom. The number of amides is 2. The largest absolute Gasteiger partial charge is 0.497 e. The number of hydrogen-bond acceptors (Lipinski definition) is 5. The van der Waals surface area contributed by atoms with E-state index in [1.807, 2.05) is 0 Å². The summed E-state index contributed by atoms with van der Waals surface area (Å²) in [5.41, 5.74) is 0.554. The molecule has 1 saturated heterocycles. The van der Waals surface area contributed by atoms with Crippen LogP contribution < -0.4 is 15.4 Å². The molecule has 29 heavy (non-hydrogen) atoms. The molecule has 0 aliphatic carbocycles. The Labute approximate surface area is 188 Å². The number of ether oxygens (including phenoxy) is 2. The fourth-order valence-electron chi connectivity index (χ4n) is 2.86. The summed E-state index contributed by atoms with van der Waals surface area (Å²) in [6, 6.07) is 7.02. The number of rotatable bonds is 6. The van der Waals surface area contributed by atoms with Gasteiger partial charge in [-0.15, -0.1) is 24.0 Å². The number of benzene rings is 1. The summed E-state index contributed by atoms with van der Waals surface area (Å²) in [7, 11) is 3.29. The van der Waals surface area contributed by atoms with Gasteiger partial charge in [0.2, 0.25) is 0 Å². The van der Waals surface area contributed by atoms with E-state index >= 15 is 0 Å². The van der Waals surface area contributed by atoms with E-state index in [0.717, 1.165) is 5.96 Å². The molecule has 1 aromatic carbocycles. The number of nitrogens with zero attached hydrogens (tertiary/aromatic N) is 3. The molecule has 9 nitrogen and oxygen atoms in total. The second kappa shape index (κ2) is 13.1. The SMILES string of the molecule is CCOC(=O)N1CCN(C(=NC)NCCNC(=O)c2cccc(OC)c2)CC1.I. The average molecular weight is 519 g/mol. The van der Waals surface area contributed by atoms with E-state index in [9.17, 15) is 9.59 Å². The van der Waals surface area contributed by atoms with Gasteiger partial charge in [0.25, 0.3) is 5.91 Å². The molecule has 10 heteroatoms. The Balaban J connectivity index is 0.00000420. The van der Waals surface area contributed by atoms with Crippen molar-refractivity contribution in [3.63, 3.8) is 0 Å². The minimum Gasteiger partial charge on any atom is -0.497 e. The quantitative estimate of drug-likeness (QED) is 0.256. The third-order valence-electron chi connectivity index (χ3n) is 4.34. The summed E-state index contributed by atoms with van der Waals surface area (Å²) in [5.74, 6) is 1.24. The monoisotopic (exact) mass is 519 g/mol. The van der Waals surface area contributed by atoms with E-state index in [-0.39, 0.29) is 36.0 Å². The summed E-state index contributed by atoms with van der Waals surface area (Å²) in [6.45, 7) is 5.70. The lowest BCUT2D eigenvalue weighted by atomic mass is 10.2. The van der Waals surface area contributed by atoms with Gasteiger partial charge in [0.1, 0.15) is 5.75 Å². The first kappa shape index (κ1) is 24.8. The highest BCUT2D eigenvalue weighted by molar-refractivity contribution is 14.0. The summed E-state index contributed by atoms with van der Waals surface area (Å²) in [5, 5.41) is 6.11. The van der Waals surface area contributed by atoms with Crippen molar-refractivity contribution in [3.05, 3.63) is 29.8 Å². The zero-order valence-corrected chi connectivity index (χ0v) is 19.5. The number of aliphatic imine (C=N–C) groups is 1. The molecule has 1 fully saturated rings. The predicted molar refractivity (Wildman–Crippen MR) is 122 cm³/mol. The van der Waals surface area contributed by atoms with Gasteiger partial charge >= 0.3 is 6.09 Å². The second-order valence-electron chi connectivity index (χ2n) is 6.13. The van der Waals surface area contributed by atoms with Gasteiger partial charge < -0.3 is 29.9 Å². The van der Waals surface area contributed by atoms with E-state index in [1.165, 1.54) is 0 Å². The molecule has 162 valence electrons. The number of guanidine groups is 1. The molecule has 0 aromatic heterocycles. The van der Waals surface area contributed by atoms with Gasteiger partial charge in [-0.05, 0) is 25.1 Å². The molecule has 2 rings (SSSR count). The fourth-order valence-corrected chi connectivity index (χ4v) is 2.86. The maximum absolute atomic E-state index is 12.2. The lowest BCUT2D eigenvalue weighted by Gasteiger charge is -2.35. The standard InChI is InChI=1S/C19H29N5O4.HI/c1-4-28-19(26)24-12-10-23(11-13-24)18(20-2)22-9-8-21-17(25)15-6-5-7-16(14-15)27-3;/h5-7,14H,4,8-13H2,1-3H3,(H,20,22)(H,21,25);1H. The van der Waals surface area contributed by atoms with Crippen molar-refractivity contribution in [1.29, 1.82) is 0 Å². The van der Waals surface area contributed by atoms with Crippen molar-refractivity contribution in [2.75, 3.05) is 60.0 Å². The smallest absolute Gasteiger partial charge is 0.409 e. The van der Waals surface area contributed by atoms with E-state index in [0.29, 0.717) is 57.2 Å². The number of piperazine rings is 1. The maximum atomic E-state index is 12.2. The van der Waals surface area contributed by atoms with Crippen molar-refractivity contribution in [2.45, 2.75) is 6.92 Å². The second-order valence-corrected chi connectivity index (χ2v) is 6.13. The van der Waals surface area contributed by atoms with Gasteiger partial charge in [-0.25, -0.2) is 4.79 Å². The van der Waals surface area contributed by atoms with E-state index < -0.39 is 0 Å². The van der Waals surface area contributed by atoms with Gasteiger partial charge in [0.05, 0.1) is 13.7 Å². The molecule has 2 N–H and O–H groups in total. The van der Waals surface area contributed by atoms with Gasteiger partial charge in [-0.2, -0.15) is 0 Å². The van der Waals surface area contributed by atoms with Crippen LogP contribution in [0.15, 0.2) is 29.3 Å². The Bertz CT molecular complexity index is 693. The fraction of sp³-hybridized carbons (Fsp3) is 0.526. The normalized spacial score (nSPS) is 14.0. The molecule has 1 aliphatic rings. The summed E-state index contributed by atoms with van der Waals surface area (Å²) in [4.78, 5) is 32.0. The number of carbonyl (C=O) groups excluding carboxylic acids is 2. The van der Waals surface area contributed by atoms with Crippen molar-refractivity contribution in [1.82, 2.24) is 20.4 Å². The number of carbonyl (C=O) groups is 2. The minimum atomic E-state index is -0.273. The van der Waals surface area contributed by atoms with Crippen LogP contribution in [0.25, 0.3) is 0 Å². The molecule has 1 heterocycles. The van der Waals surface area contributed by atoms with Crippen LogP contribution in [-0.2, 0) is 4.74 Å². The van der Waals surface area contributed by atoms with Gasteiger partial charge in [0, 0.05) is 51.9 Å². The minimum absolute atomic E-state index is 0. The molecule has 0 saturated carbocycles. The van der Waals surface area contributed by atoms with Crippen molar-refractivity contribution in [2.24, 2.45) is 4.99 Å². The third-order valence-corrected chi connectivity index (χ3v) is 4.34. The lowest BCUT2D eigenvalue weighted by molar-refractivity contribution is 0.0914. The number of hydrogen-bond donors (Lipinski definition) is 2. The Morgan fingerprint density at radius 1 is 1.10 bits per heavy atom. The Morgan fingerprint density at radius 2 is 1.76 bits per heavy atom. The highest BCUT2D eigenvalue weighted by Crippen LogP contribution is 2.12. The number of halogens is 1. The van der Waals surface area contributed by atoms with E-state index in [4.69, 9.17) is 9.47 Å². The van der Waals surface area contributed by atoms with Crippen LogP contribution >= 0.6 is 24.0 Å². The van der Waals surface area contributed by atoms with Crippen LogP contribution in [0.4, 0.5) is 4.79 Å². The zero-order chi connectivity index (χ0) is 20.4. The summed E-state index contributed by atoms with van der Waals surface area (Å²) in [6.07, 6.45) is -0.273. The molecule has 0 radical (unpaired) electrons. The highest BCUT2D eigenvalue weighted by atomic mass is 127. The lowest BCUT2D eigenvalue weighted by Crippen LogP contribution is -2.54. The predicted octanol–water partition coefficient (Wildman–Crippen LogP) is 1.39. The average Bonchev–Trinajstić information content (AvgIpc) is 2.74. The Kier molecular flexibility index (Phi) is 11.2. The van der Waals surface area contributed by atoms with E-state index in [1.54, 1.807) is 50.2 Å². The topological polar surface area (TPSA) is 95.5 Å². The first-order chi connectivity index (χ1) is 13.6. The first-order valence-corrected chi connectivity index (χ1v) is 9.38. The molecule has 0 unspecified atom stereocenters. The van der Waals surface area contributed by atoms with Crippen molar-refractivity contribution in [3.8, 4) is 5.75 Å². The number of methoxy groups -OCH3 is 1. The molecular weight excluding hydrogens is 489 g/mol. The molecule has 1 aromatic rings.